The van der Waals surface area contributed by atoms with Crippen LogP contribution in [0.1, 0.15) is 19.3 Å². The first-order valence-corrected chi connectivity index (χ1v) is 3.82. The Hall–Kier alpha value is -0.370. The van der Waals surface area contributed by atoms with Crippen LogP contribution in [0.25, 0.3) is 0 Å². The minimum absolute atomic E-state index is 0.0145. The van der Waals surface area contributed by atoms with Gasteiger partial charge in [-0.25, -0.2) is 0 Å². The molecule has 2 nitrogen and oxygen atoms in total. The number of rotatable bonds is 2. The van der Waals surface area contributed by atoms with Gasteiger partial charge in [0.25, 0.3) is 0 Å². The number of carbonyl (C=O) groups excluding carboxylic acids is 1. The Morgan fingerprint density at radius 1 is 1.80 bits per heavy atom. The van der Waals surface area contributed by atoms with Crippen LogP contribution in [0.15, 0.2) is 0 Å². The van der Waals surface area contributed by atoms with Gasteiger partial charge in [-0.3, -0.25) is 4.79 Å². The molecule has 3 saturated carbocycles. The zero-order chi connectivity index (χ0) is 7.19. The van der Waals surface area contributed by atoms with E-state index in [0.717, 1.165) is 19.3 Å². The van der Waals surface area contributed by atoms with Gasteiger partial charge in [-0.2, -0.15) is 0 Å². The number of methoxy groups -OCH3 is 1. The van der Waals surface area contributed by atoms with E-state index in [2.05, 4.69) is 0 Å². The fourth-order valence-corrected chi connectivity index (χ4v) is 2.35. The predicted molar refractivity (Wildman–Crippen MR) is 36.7 cm³/mol. The summed E-state index contributed by atoms with van der Waals surface area (Å²) in [5, 5.41) is 0. The lowest BCUT2D eigenvalue weighted by Gasteiger charge is -2.35. The van der Waals surface area contributed by atoms with Crippen LogP contribution in [0.5, 0.6) is 0 Å². The number of hydrogen-bond acceptors (Lipinski definition) is 2. The maximum Gasteiger partial charge on any atom is 0.144 e. The van der Waals surface area contributed by atoms with Crippen molar-refractivity contribution < 1.29 is 9.53 Å². The molecule has 0 saturated heterocycles. The van der Waals surface area contributed by atoms with Crippen LogP contribution >= 0.6 is 0 Å². The molecule has 0 aliphatic heterocycles. The lowest BCUT2D eigenvalue weighted by molar-refractivity contribution is -0.142. The maximum absolute atomic E-state index is 11.3. The largest absolute Gasteiger partial charge is 0.384 e. The number of ether oxygens (including phenoxy) is 1. The van der Waals surface area contributed by atoms with Crippen LogP contribution in [0.4, 0.5) is 0 Å². The topological polar surface area (TPSA) is 26.3 Å². The number of fused-ring (bicyclic) bond motifs is 1. The van der Waals surface area contributed by atoms with Crippen LogP contribution < -0.4 is 0 Å². The second kappa shape index (κ2) is 1.82. The predicted octanol–water partition coefficient (Wildman–Crippen LogP) is 1.00. The summed E-state index contributed by atoms with van der Waals surface area (Å²) in [7, 11) is 1.67. The van der Waals surface area contributed by atoms with E-state index in [1.165, 1.54) is 0 Å². The van der Waals surface area contributed by atoms with E-state index in [-0.39, 0.29) is 5.41 Å². The lowest BCUT2D eigenvalue weighted by Crippen LogP contribution is -2.43. The quantitative estimate of drug-likeness (QED) is 0.572. The Kier molecular flexibility index (Phi) is 1.15. The van der Waals surface area contributed by atoms with Crippen molar-refractivity contribution in [3.63, 3.8) is 0 Å². The van der Waals surface area contributed by atoms with Crippen LogP contribution in [0.3, 0.4) is 0 Å². The molecule has 0 radical (unpaired) electrons. The van der Waals surface area contributed by atoms with Crippen molar-refractivity contribution in [2.45, 2.75) is 19.3 Å². The molecule has 3 rings (SSSR count). The van der Waals surface area contributed by atoms with Crippen molar-refractivity contribution in [3.8, 4) is 0 Å². The van der Waals surface area contributed by atoms with E-state index in [4.69, 9.17) is 4.74 Å². The van der Waals surface area contributed by atoms with Gasteiger partial charge in [-0.1, -0.05) is 0 Å². The maximum atomic E-state index is 11.3. The van der Waals surface area contributed by atoms with Gasteiger partial charge in [-0.05, 0) is 19.3 Å². The van der Waals surface area contributed by atoms with Crippen molar-refractivity contribution in [2.75, 3.05) is 13.7 Å². The third-order valence-corrected chi connectivity index (χ3v) is 2.92. The Bertz CT molecular complexity index is 172. The molecule has 3 aliphatic carbocycles. The fourth-order valence-electron chi connectivity index (χ4n) is 2.35. The summed E-state index contributed by atoms with van der Waals surface area (Å²) in [6.45, 7) is 0.655. The molecule has 2 bridgehead atoms. The van der Waals surface area contributed by atoms with Crippen LogP contribution in [0.2, 0.25) is 0 Å². The number of carbonyl (C=O) groups is 1. The fraction of sp³-hybridized carbons (Fsp3) is 0.875. The monoisotopic (exact) mass is 140 g/mol. The third kappa shape index (κ3) is 0.553. The molecular formula is C8H12O2. The van der Waals surface area contributed by atoms with Crippen LogP contribution in [0, 0.1) is 11.3 Å². The Balaban J connectivity index is 2.10. The molecule has 2 atom stereocenters. The molecule has 2 heteroatoms. The summed E-state index contributed by atoms with van der Waals surface area (Å²) in [6.07, 6.45) is 3.28. The van der Waals surface area contributed by atoms with Crippen molar-refractivity contribution >= 4 is 5.78 Å². The highest BCUT2D eigenvalue weighted by molar-refractivity contribution is 5.95. The van der Waals surface area contributed by atoms with Crippen molar-refractivity contribution in [1.82, 2.24) is 0 Å². The Labute approximate surface area is 60.6 Å². The SMILES string of the molecule is COCC12CCC(C1)C2=O. The lowest BCUT2D eigenvalue weighted by atomic mass is 9.69. The summed E-state index contributed by atoms with van der Waals surface area (Å²) >= 11 is 0. The Morgan fingerprint density at radius 3 is 3.00 bits per heavy atom. The van der Waals surface area contributed by atoms with Gasteiger partial charge in [0.2, 0.25) is 0 Å². The first kappa shape index (κ1) is 6.35. The molecule has 0 aromatic rings. The molecule has 3 aliphatic rings. The molecule has 0 N–H and O–H groups in total. The molecule has 0 amide bonds. The van der Waals surface area contributed by atoms with Crippen molar-refractivity contribution in [3.05, 3.63) is 0 Å². The molecule has 2 unspecified atom stereocenters. The molecule has 10 heavy (non-hydrogen) atoms. The van der Waals surface area contributed by atoms with E-state index in [0.29, 0.717) is 18.3 Å². The molecule has 3 fully saturated rings. The highest BCUT2D eigenvalue weighted by Crippen LogP contribution is 2.55. The first-order chi connectivity index (χ1) is 4.78. The summed E-state index contributed by atoms with van der Waals surface area (Å²) in [5.74, 6) is 0.879. The highest BCUT2D eigenvalue weighted by Gasteiger charge is 2.58. The second-order valence-corrected chi connectivity index (χ2v) is 3.52. The standard InChI is InChI=1S/C8H12O2/c1-10-5-8-3-2-6(4-8)7(8)9/h6H,2-5H2,1H3. The van der Waals surface area contributed by atoms with Gasteiger partial charge < -0.3 is 4.74 Å². The van der Waals surface area contributed by atoms with Gasteiger partial charge in [0.15, 0.2) is 0 Å². The molecular weight excluding hydrogens is 128 g/mol. The third-order valence-electron chi connectivity index (χ3n) is 2.92. The van der Waals surface area contributed by atoms with Gasteiger partial charge in [-0.15, -0.1) is 0 Å². The van der Waals surface area contributed by atoms with Gasteiger partial charge in [0, 0.05) is 13.0 Å². The van der Waals surface area contributed by atoms with Gasteiger partial charge in [0.05, 0.1) is 12.0 Å². The van der Waals surface area contributed by atoms with Gasteiger partial charge >= 0.3 is 0 Å². The van der Waals surface area contributed by atoms with Crippen molar-refractivity contribution in [2.24, 2.45) is 11.3 Å². The van der Waals surface area contributed by atoms with E-state index in [1.54, 1.807) is 7.11 Å². The minimum atomic E-state index is -0.0145. The van der Waals surface area contributed by atoms with Crippen LogP contribution in [-0.4, -0.2) is 19.5 Å². The smallest absolute Gasteiger partial charge is 0.144 e. The summed E-state index contributed by atoms with van der Waals surface area (Å²) in [6, 6.07) is 0. The average molecular weight is 140 g/mol. The summed E-state index contributed by atoms with van der Waals surface area (Å²) in [5.41, 5.74) is -0.0145. The number of ketones is 1. The van der Waals surface area contributed by atoms with E-state index in [1.807, 2.05) is 0 Å². The number of hydrogen-bond donors (Lipinski definition) is 0. The molecule has 0 spiro atoms. The van der Waals surface area contributed by atoms with Crippen LogP contribution in [-0.2, 0) is 9.53 Å². The minimum Gasteiger partial charge on any atom is -0.384 e. The highest BCUT2D eigenvalue weighted by atomic mass is 16.5. The van der Waals surface area contributed by atoms with Crippen molar-refractivity contribution in [1.29, 1.82) is 0 Å². The molecule has 56 valence electrons. The molecule has 0 aromatic heterocycles. The first-order valence-electron chi connectivity index (χ1n) is 3.82. The summed E-state index contributed by atoms with van der Waals surface area (Å²) < 4.78 is 5.02. The van der Waals surface area contributed by atoms with E-state index < -0.39 is 0 Å². The zero-order valence-corrected chi connectivity index (χ0v) is 6.22. The zero-order valence-electron chi connectivity index (χ0n) is 6.22. The normalized spacial score (nSPS) is 43.7. The average Bonchev–Trinajstić information content (AvgIpc) is 2.45. The molecule has 0 heterocycles. The number of Topliss-reactive ketones (excluding diaryl/α,β-unsaturated/α-hetero) is 1. The Morgan fingerprint density at radius 2 is 2.60 bits per heavy atom. The van der Waals surface area contributed by atoms with E-state index in [9.17, 15) is 4.79 Å². The summed E-state index contributed by atoms with van der Waals surface area (Å²) in [4.78, 5) is 11.3. The second-order valence-electron chi connectivity index (χ2n) is 3.52. The molecule has 0 aromatic carbocycles. The van der Waals surface area contributed by atoms with Gasteiger partial charge in [0.1, 0.15) is 5.78 Å². The van der Waals surface area contributed by atoms with E-state index >= 15 is 0 Å².